The van der Waals surface area contributed by atoms with Gasteiger partial charge in [-0.2, -0.15) is 0 Å². The molecule has 4 heteroatoms. The Morgan fingerprint density at radius 2 is 1.95 bits per heavy atom. The maximum Gasteiger partial charge on any atom is 0.341 e. The molecule has 0 unspecified atom stereocenters. The molecule has 0 saturated carbocycles. The zero-order valence-electron chi connectivity index (χ0n) is 12.5. The van der Waals surface area contributed by atoms with Gasteiger partial charge in [0.2, 0.25) is 0 Å². The van der Waals surface area contributed by atoms with Crippen LogP contribution < -0.4 is 10.1 Å². The fourth-order valence-corrected chi connectivity index (χ4v) is 1.73. The Bertz CT molecular complexity index is 393. The molecule has 20 heavy (non-hydrogen) atoms. The van der Waals surface area contributed by atoms with Gasteiger partial charge >= 0.3 is 5.97 Å². The van der Waals surface area contributed by atoms with Crippen molar-refractivity contribution >= 4 is 5.97 Å². The molecule has 0 aliphatic rings. The first-order valence-electron chi connectivity index (χ1n) is 7.33. The monoisotopic (exact) mass is 279 g/mol. The summed E-state index contributed by atoms with van der Waals surface area (Å²) >= 11 is 0. The quantitative estimate of drug-likeness (QED) is 0.528. The summed E-state index contributed by atoms with van der Waals surface area (Å²) < 4.78 is 10.9. The van der Waals surface area contributed by atoms with Crippen LogP contribution in [0, 0.1) is 0 Å². The zero-order chi connectivity index (χ0) is 14.6. The number of esters is 1. The predicted molar refractivity (Wildman–Crippen MR) is 80.3 cm³/mol. The molecule has 0 amide bonds. The molecule has 1 rings (SSSR count). The minimum atomic E-state index is -0.302. The Labute approximate surface area is 121 Å². The Balaban J connectivity index is 2.47. The van der Waals surface area contributed by atoms with Crippen molar-refractivity contribution in [3.63, 3.8) is 0 Å². The van der Waals surface area contributed by atoms with E-state index < -0.39 is 0 Å². The van der Waals surface area contributed by atoms with Gasteiger partial charge in [-0.3, -0.25) is 0 Å². The highest BCUT2D eigenvalue weighted by Gasteiger charge is 2.13. The predicted octanol–water partition coefficient (Wildman–Crippen LogP) is 3.02. The van der Waals surface area contributed by atoms with Gasteiger partial charge in [0.15, 0.2) is 0 Å². The summed E-state index contributed by atoms with van der Waals surface area (Å²) in [4.78, 5) is 12.0. The van der Waals surface area contributed by atoms with E-state index in [1.807, 2.05) is 25.2 Å². The van der Waals surface area contributed by atoms with Gasteiger partial charge in [0.1, 0.15) is 11.3 Å². The average molecular weight is 279 g/mol. The first-order valence-corrected chi connectivity index (χ1v) is 7.33. The minimum absolute atomic E-state index is 0.302. The Hall–Kier alpha value is -1.55. The third-order valence-corrected chi connectivity index (χ3v) is 2.92. The third-order valence-electron chi connectivity index (χ3n) is 2.92. The summed E-state index contributed by atoms with van der Waals surface area (Å²) in [6, 6.07) is 7.25. The minimum Gasteiger partial charge on any atom is -0.493 e. The SMILES string of the molecule is CCCCOC(=O)c1ccccc1OCCCCNC. The molecule has 1 aromatic rings. The number of benzene rings is 1. The van der Waals surface area contributed by atoms with Crippen LogP contribution in [0.25, 0.3) is 0 Å². The number of hydrogen-bond donors (Lipinski definition) is 1. The van der Waals surface area contributed by atoms with E-state index in [1.165, 1.54) is 0 Å². The van der Waals surface area contributed by atoms with Crippen molar-refractivity contribution in [1.82, 2.24) is 5.32 Å². The van der Waals surface area contributed by atoms with Gasteiger partial charge in [0, 0.05) is 0 Å². The molecule has 0 fully saturated rings. The average Bonchev–Trinajstić information content (AvgIpc) is 2.47. The van der Waals surface area contributed by atoms with E-state index in [4.69, 9.17) is 9.47 Å². The second-order valence-electron chi connectivity index (χ2n) is 4.64. The number of carbonyl (C=O) groups is 1. The molecule has 0 heterocycles. The smallest absolute Gasteiger partial charge is 0.341 e. The summed E-state index contributed by atoms with van der Waals surface area (Å²) in [5.74, 6) is 0.308. The van der Waals surface area contributed by atoms with Gasteiger partial charge in [-0.1, -0.05) is 25.5 Å². The van der Waals surface area contributed by atoms with Crippen LogP contribution in [-0.2, 0) is 4.74 Å². The van der Waals surface area contributed by atoms with E-state index in [2.05, 4.69) is 12.2 Å². The normalized spacial score (nSPS) is 10.3. The topological polar surface area (TPSA) is 47.6 Å². The van der Waals surface area contributed by atoms with Crippen LogP contribution in [0.15, 0.2) is 24.3 Å². The zero-order valence-corrected chi connectivity index (χ0v) is 12.5. The Morgan fingerprint density at radius 3 is 2.70 bits per heavy atom. The third kappa shape index (κ3) is 6.06. The maximum absolute atomic E-state index is 12.0. The molecular weight excluding hydrogens is 254 g/mol. The molecule has 0 bridgehead atoms. The molecular formula is C16H25NO3. The van der Waals surface area contributed by atoms with Crippen LogP contribution in [0.5, 0.6) is 5.75 Å². The molecule has 4 nitrogen and oxygen atoms in total. The van der Waals surface area contributed by atoms with E-state index in [1.54, 1.807) is 6.07 Å². The van der Waals surface area contributed by atoms with Crippen molar-refractivity contribution in [2.24, 2.45) is 0 Å². The lowest BCUT2D eigenvalue weighted by molar-refractivity contribution is 0.0495. The van der Waals surface area contributed by atoms with Crippen molar-refractivity contribution in [2.45, 2.75) is 32.6 Å². The number of nitrogens with one attached hydrogen (secondary N) is 1. The highest BCUT2D eigenvalue weighted by Crippen LogP contribution is 2.19. The van der Waals surface area contributed by atoms with Crippen molar-refractivity contribution in [3.8, 4) is 5.75 Å². The molecule has 1 aromatic carbocycles. The van der Waals surface area contributed by atoms with Crippen molar-refractivity contribution in [2.75, 3.05) is 26.8 Å². The largest absolute Gasteiger partial charge is 0.493 e. The molecule has 0 aliphatic carbocycles. The van der Waals surface area contributed by atoms with Gasteiger partial charge in [0.05, 0.1) is 13.2 Å². The second-order valence-corrected chi connectivity index (χ2v) is 4.64. The fourth-order valence-electron chi connectivity index (χ4n) is 1.73. The number of ether oxygens (including phenoxy) is 2. The molecule has 1 N–H and O–H groups in total. The summed E-state index contributed by atoms with van der Waals surface area (Å²) in [6.07, 6.45) is 3.91. The van der Waals surface area contributed by atoms with Crippen molar-refractivity contribution < 1.29 is 14.3 Å². The molecule has 0 atom stereocenters. The standard InChI is InChI=1S/C16H25NO3/c1-3-4-12-20-16(18)14-9-5-6-10-15(14)19-13-8-7-11-17-2/h5-6,9-10,17H,3-4,7-8,11-13H2,1-2H3. The van der Waals surface area contributed by atoms with E-state index in [-0.39, 0.29) is 5.97 Å². The lowest BCUT2D eigenvalue weighted by Gasteiger charge is -2.11. The first kappa shape index (κ1) is 16.5. The van der Waals surface area contributed by atoms with E-state index in [0.29, 0.717) is 24.5 Å². The van der Waals surface area contributed by atoms with Crippen LogP contribution in [-0.4, -0.2) is 32.8 Å². The van der Waals surface area contributed by atoms with E-state index in [9.17, 15) is 4.79 Å². The lowest BCUT2D eigenvalue weighted by atomic mass is 10.2. The fraction of sp³-hybridized carbons (Fsp3) is 0.562. The first-order chi connectivity index (χ1) is 9.79. The lowest BCUT2D eigenvalue weighted by Crippen LogP contribution is -2.11. The summed E-state index contributed by atoms with van der Waals surface area (Å²) in [7, 11) is 1.93. The van der Waals surface area contributed by atoms with Crippen molar-refractivity contribution in [3.05, 3.63) is 29.8 Å². The number of para-hydroxylation sites is 1. The second kappa shape index (κ2) is 10.3. The van der Waals surface area contributed by atoms with Crippen LogP contribution in [0.4, 0.5) is 0 Å². The number of rotatable bonds is 10. The summed E-state index contributed by atoms with van der Waals surface area (Å²) in [5.41, 5.74) is 0.511. The molecule has 112 valence electrons. The van der Waals surface area contributed by atoms with Gasteiger partial charge < -0.3 is 14.8 Å². The summed E-state index contributed by atoms with van der Waals surface area (Å²) in [5, 5.41) is 3.09. The van der Waals surface area contributed by atoms with Gasteiger partial charge in [-0.25, -0.2) is 4.79 Å². The van der Waals surface area contributed by atoms with Gasteiger partial charge in [-0.15, -0.1) is 0 Å². The molecule has 0 aliphatic heterocycles. The number of unbranched alkanes of at least 4 members (excludes halogenated alkanes) is 2. The van der Waals surface area contributed by atoms with E-state index in [0.717, 1.165) is 32.2 Å². The van der Waals surface area contributed by atoms with Crippen LogP contribution in [0.1, 0.15) is 43.0 Å². The van der Waals surface area contributed by atoms with Gasteiger partial charge in [0.25, 0.3) is 0 Å². The van der Waals surface area contributed by atoms with E-state index >= 15 is 0 Å². The maximum atomic E-state index is 12.0. The summed E-state index contributed by atoms with van der Waals surface area (Å²) in [6.45, 7) is 4.12. The molecule has 0 aromatic heterocycles. The highest BCUT2D eigenvalue weighted by molar-refractivity contribution is 5.92. The molecule has 0 radical (unpaired) electrons. The Morgan fingerprint density at radius 1 is 1.15 bits per heavy atom. The Kier molecular flexibility index (Phi) is 8.47. The number of carbonyl (C=O) groups excluding carboxylic acids is 1. The van der Waals surface area contributed by atoms with Crippen LogP contribution in [0.2, 0.25) is 0 Å². The molecule has 0 saturated heterocycles. The van der Waals surface area contributed by atoms with Crippen LogP contribution in [0.3, 0.4) is 0 Å². The number of hydrogen-bond acceptors (Lipinski definition) is 4. The van der Waals surface area contributed by atoms with Crippen LogP contribution >= 0.6 is 0 Å². The highest BCUT2D eigenvalue weighted by atomic mass is 16.5. The molecule has 0 spiro atoms. The van der Waals surface area contributed by atoms with Gasteiger partial charge in [-0.05, 0) is 45.0 Å². The van der Waals surface area contributed by atoms with Crippen molar-refractivity contribution in [1.29, 1.82) is 0 Å².